The number of aliphatic imine (C=N–C) groups is 1. The molecule has 0 unspecified atom stereocenters. The highest BCUT2D eigenvalue weighted by molar-refractivity contribution is 5.85. The molecule has 2 heterocycles. The lowest BCUT2D eigenvalue weighted by molar-refractivity contribution is 0.475. The van der Waals surface area contributed by atoms with E-state index in [1.165, 1.54) is 0 Å². The second-order valence-electron chi connectivity index (χ2n) is 6.32. The zero-order valence-corrected chi connectivity index (χ0v) is 14.7. The lowest BCUT2D eigenvalue weighted by atomic mass is 10.2. The van der Waals surface area contributed by atoms with Gasteiger partial charge in [0.2, 0.25) is 0 Å². The summed E-state index contributed by atoms with van der Waals surface area (Å²) in [7, 11) is 0. The van der Waals surface area contributed by atoms with Crippen molar-refractivity contribution in [2.45, 2.75) is 13.8 Å². The van der Waals surface area contributed by atoms with Crippen LogP contribution in [0, 0.1) is 13.8 Å². The molecule has 0 atom stereocenters. The minimum atomic E-state index is 0.243. The molecule has 1 N–H and O–H groups in total. The van der Waals surface area contributed by atoms with E-state index in [-0.39, 0.29) is 5.75 Å². The molecule has 4 rings (SSSR count). The third-order valence-electron chi connectivity index (χ3n) is 4.52. The fourth-order valence-corrected chi connectivity index (χ4v) is 3.20. The van der Waals surface area contributed by atoms with Crippen LogP contribution >= 0.6 is 0 Å². The Bertz CT molecular complexity index is 1110. The first-order chi connectivity index (χ1) is 12.6. The first kappa shape index (κ1) is 16.1. The second kappa shape index (κ2) is 6.48. The van der Waals surface area contributed by atoms with Gasteiger partial charge in [-0.3, -0.25) is 9.98 Å². The SMILES string of the molecule is Cc1cc(C=Nc2ccc(O)cc2)c(C)n1-c1ccc2ncccc2c1. The highest BCUT2D eigenvalue weighted by Gasteiger charge is 2.10. The maximum absolute atomic E-state index is 9.37. The number of hydrogen-bond donors (Lipinski definition) is 1. The zero-order chi connectivity index (χ0) is 18.1. The number of benzene rings is 2. The molecular formula is C22H19N3O. The van der Waals surface area contributed by atoms with Crippen molar-refractivity contribution in [3.63, 3.8) is 0 Å². The van der Waals surface area contributed by atoms with E-state index in [1.807, 2.05) is 24.5 Å². The lowest BCUT2D eigenvalue weighted by Gasteiger charge is -2.10. The van der Waals surface area contributed by atoms with Gasteiger partial charge in [-0.15, -0.1) is 0 Å². The molecule has 0 bridgehead atoms. The second-order valence-corrected chi connectivity index (χ2v) is 6.32. The van der Waals surface area contributed by atoms with E-state index in [0.717, 1.165) is 39.2 Å². The van der Waals surface area contributed by atoms with E-state index in [4.69, 9.17) is 0 Å². The largest absolute Gasteiger partial charge is 0.508 e. The Morgan fingerprint density at radius 2 is 1.81 bits per heavy atom. The summed E-state index contributed by atoms with van der Waals surface area (Å²) >= 11 is 0. The van der Waals surface area contributed by atoms with Crippen LogP contribution in [0.1, 0.15) is 17.0 Å². The predicted molar refractivity (Wildman–Crippen MR) is 106 cm³/mol. The van der Waals surface area contributed by atoms with Crippen LogP contribution in [0.15, 0.2) is 71.9 Å². The lowest BCUT2D eigenvalue weighted by Crippen LogP contribution is -1.99. The molecule has 4 heteroatoms. The van der Waals surface area contributed by atoms with Crippen LogP contribution in [0.5, 0.6) is 5.75 Å². The fraction of sp³-hybridized carbons (Fsp3) is 0.0909. The molecule has 4 aromatic rings. The van der Waals surface area contributed by atoms with Gasteiger partial charge in [-0.1, -0.05) is 6.07 Å². The van der Waals surface area contributed by atoms with E-state index < -0.39 is 0 Å². The normalized spacial score (nSPS) is 11.5. The van der Waals surface area contributed by atoms with Gasteiger partial charge in [0.15, 0.2) is 0 Å². The van der Waals surface area contributed by atoms with Crippen molar-refractivity contribution in [2.24, 2.45) is 4.99 Å². The first-order valence-electron chi connectivity index (χ1n) is 8.49. The summed E-state index contributed by atoms with van der Waals surface area (Å²) in [5.74, 6) is 0.243. The summed E-state index contributed by atoms with van der Waals surface area (Å²) in [6, 6.07) is 19.3. The highest BCUT2D eigenvalue weighted by atomic mass is 16.3. The van der Waals surface area contributed by atoms with Crippen molar-refractivity contribution in [3.8, 4) is 11.4 Å². The van der Waals surface area contributed by atoms with E-state index in [1.54, 1.807) is 24.3 Å². The Morgan fingerprint density at radius 3 is 2.62 bits per heavy atom. The van der Waals surface area contributed by atoms with Gasteiger partial charge in [-0.2, -0.15) is 0 Å². The van der Waals surface area contributed by atoms with E-state index in [2.05, 4.69) is 52.7 Å². The van der Waals surface area contributed by atoms with Crippen LogP contribution in [0.4, 0.5) is 5.69 Å². The van der Waals surface area contributed by atoms with Gasteiger partial charge >= 0.3 is 0 Å². The van der Waals surface area contributed by atoms with Gasteiger partial charge in [-0.25, -0.2) is 0 Å². The molecule has 0 saturated heterocycles. The molecule has 4 nitrogen and oxygen atoms in total. The highest BCUT2D eigenvalue weighted by Crippen LogP contribution is 2.24. The van der Waals surface area contributed by atoms with Crippen molar-refractivity contribution in [3.05, 3.63) is 83.8 Å². The molecule has 0 aliphatic carbocycles. The van der Waals surface area contributed by atoms with E-state index >= 15 is 0 Å². The zero-order valence-electron chi connectivity index (χ0n) is 14.7. The molecule has 0 radical (unpaired) electrons. The smallest absolute Gasteiger partial charge is 0.115 e. The summed E-state index contributed by atoms with van der Waals surface area (Å²) in [5.41, 5.74) is 6.27. The third-order valence-corrected chi connectivity index (χ3v) is 4.52. The molecule has 0 aliphatic rings. The van der Waals surface area contributed by atoms with Gasteiger partial charge in [0.1, 0.15) is 5.75 Å². The average molecular weight is 341 g/mol. The van der Waals surface area contributed by atoms with Gasteiger partial charge in [0, 0.05) is 40.4 Å². The Balaban J connectivity index is 1.72. The number of fused-ring (bicyclic) bond motifs is 1. The van der Waals surface area contributed by atoms with Crippen LogP contribution in [0.3, 0.4) is 0 Å². The quantitative estimate of drug-likeness (QED) is 0.527. The minimum absolute atomic E-state index is 0.243. The summed E-state index contributed by atoms with van der Waals surface area (Å²) in [6.07, 6.45) is 3.68. The molecule has 128 valence electrons. The summed E-state index contributed by atoms with van der Waals surface area (Å²) in [6.45, 7) is 4.19. The molecule has 0 aliphatic heterocycles. The standard InChI is InChI=1S/C22H19N3O/c1-15-12-18(14-24-19-5-8-21(26)9-6-19)16(2)25(15)20-7-10-22-17(13-20)4-3-11-23-22/h3-14,26H,1-2H3. The molecule has 0 amide bonds. The number of hydrogen-bond acceptors (Lipinski definition) is 3. The summed E-state index contributed by atoms with van der Waals surface area (Å²) in [4.78, 5) is 8.90. The molecular weight excluding hydrogens is 322 g/mol. The maximum atomic E-state index is 9.37. The van der Waals surface area contributed by atoms with Crippen LogP contribution in [-0.2, 0) is 0 Å². The Hall–Kier alpha value is -3.40. The number of phenolic OH excluding ortho intramolecular Hbond substituents is 1. The summed E-state index contributed by atoms with van der Waals surface area (Å²) in [5, 5.41) is 10.5. The first-order valence-corrected chi connectivity index (χ1v) is 8.49. The van der Waals surface area contributed by atoms with Gasteiger partial charge in [0.05, 0.1) is 11.2 Å². The van der Waals surface area contributed by atoms with Crippen molar-refractivity contribution in [2.75, 3.05) is 0 Å². The number of phenols is 1. The number of pyridine rings is 1. The number of nitrogens with zero attached hydrogens (tertiary/aromatic N) is 3. The van der Waals surface area contributed by atoms with Gasteiger partial charge < -0.3 is 9.67 Å². The monoisotopic (exact) mass is 341 g/mol. The molecule has 0 saturated carbocycles. The fourth-order valence-electron chi connectivity index (χ4n) is 3.20. The molecule has 26 heavy (non-hydrogen) atoms. The van der Waals surface area contributed by atoms with Gasteiger partial charge in [0.25, 0.3) is 0 Å². The van der Waals surface area contributed by atoms with Gasteiger partial charge in [-0.05, 0) is 68.4 Å². The Labute approximate surface area is 152 Å². The Kier molecular flexibility index (Phi) is 4.01. The van der Waals surface area contributed by atoms with Crippen molar-refractivity contribution >= 4 is 22.8 Å². The summed E-state index contributed by atoms with van der Waals surface area (Å²) < 4.78 is 2.23. The molecule has 2 aromatic heterocycles. The van der Waals surface area contributed by atoms with Crippen molar-refractivity contribution < 1.29 is 5.11 Å². The van der Waals surface area contributed by atoms with Crippen molar-refractivity contribution in [1.82, 2.24) is 9.55 Å². The average Bonchev–Trinajstić information content (AvgIpc) is 2.94. The molecule has 0 spiro atoms. The minimum Gasteiger partial charge on any atom is -0.508 e. The van der Waals surface area contributed by atoms with Crippen LogP contribution in [0.2, 0.25) is 0 Å². The van der Waals surface area contributed by atoms with Crippen LogP contribution in [-0.4, -0.2) is 20.9 Å². The third kappa shape index (κ3) is 2.97. The molecule has 0 fully saturated rings. The topological polar surface area (TPSA) is 50.4 Å². The number of aryl methyl sites for hydroxylation is 1. The number of rotatable bonds is 3. The predicted octanol–water partition coefficient (Wildman–Crippen LogP) is 5.10. The molecule has 2 aromatic carbocycles. The van der Waals surface area contributed by atoms with E-state index in [0.29, 0.717) is 0 Å². The maximum Gasteiger partial charge on any atom is 0.115 e. The van der Waals surface area contributed by atoms with Crippen LogP contribution in [0.25, 0.3) is 16.6 Å². The van der Waals surface area contributed by atoms with E-state index in [9.17, 15) is 5.11 Å². The Morgan fingerprint density at radius 1 is 1.00 bits per heavy atom. The number of aromatic hydroxyl groups is 1. The van der Waals surface area contributed by atoms with Crippen LogP contribution < -0.4 is 0 Å². The van der Waals surface area contributed by atoms with Crippen molar-refractivity contribution in [1.29, 1.82) is 0 Å². The number of aromatic nitrogens is 2.